The van der Waals surface area contributed by atoms with Gasteiger partial charge in [-0.2, -0.15) is 0 Å². The van der Waals surface area contributed by atoms with Crippen LogP contribution in [0.5, 0.6) is 5.75 Å². The molecule has 24 heavy (non-hydrogen) atoms. The van der Waals surface area contributed by atoms with Crippen molar-refractivity contribution in [2.75, 3.05) is 14.2 Å². The molecule has 0 aliphatic rings. The SMILES string of the molecule is COC(=O)CC(NC(=O)c1cc(Cl)c(OC)c(Cl)c1)c1cccs1. The molecule has 0 aliphatic carbocycles. The molecule has 0 saturated heterocycles. The lowest BCUT2D eigenvalue weighted by Crippen LogP contribution is -2.30. The lowest BCUT2D eigenvalue weighted by Gasteiger charge is -2.17. The van der Waals surface area contributed by atoms with Gasteiger partial charge in [-0.15, -0.1) is 11.3 Å². The standard InChI is InChI=1S/C16H15Cl2NO4S/c1-22-14(20)8-12(13-4-3-5-24-13)19-16(21)9-6-10(17)15(23-2)11(18)7-9/h3-7,12H,8H2,1-2H3,(H,19,21). The smallest absolute Gasteiger partial charge is 0.307 e. The van der Waals surface area contributed by atoms with Gasteiger partial charge in [-0.3, -0.25) is 9.59 Å². The van der Waals surface area contributed by atoms with E-state index in [1.54, 1.807) is 0 Å². The molecule has 1 atom stereocenters. The fraction of sp³-hybridized carbons (Fsp3) is 0.250. The van der Waals surface area contributed by atoms with Crippen molar-refractivity contribution >= 4 is 46.4 Å². The third-order valence-corrected chi connectivity index (χ3v) is 4.80. The van der Waals surface area contributed by atoms with E-state index in [0.29, 0.717) is 5.75 Å². The highest BCUT2D eigenvalue weighted by atomic mass is 35.5. The zero-order chi connectivity index (χ0) is 17.7. The normalized spacial score (nSPS) is 11.7. The second kappa shape index (κ2) is 8.37. The molecule has 1 unspecified atom stereocenters. The molecule has 128 valence electrons. The highest BCUT2D eigenvalue weighted by Crippen LogP contribution is 2.34. The van der Waals surface area contributed by atoms with Crippen LogP contribution < -0.4 is 10.1 Å². The van der Waals surface area contributed by atoms with Gasteiger partial charge in [0.2, 0.25) is 0 Å². The maximum absolute atomic E-state index is 12.5. The van der Waals surface area contributed by atoms with Gasteiger partial charge in [-0.1, -0.05) is 29.3 Å². The minimum absolute atomic E-state index is 0.0281. The molecule has 5 nitrogen and oxygen atoms in total. The molecule has 2 rings (SSSR count). The third-order valence-electron chi connectivity index (χ3n) is 3.26. The molecule has 8 heteroatoms. The largest absolute Gasteiger partial charge is 0.494 e. The van der Waals surface area contributed by atoms with E-state index in [-0.39, 0.29) is 22.0 Å². The summed E-state index contributed by atoms with van der Waals surface area (Å²) in [7, 11) is 2.74. The molecule has 0 radical (unpaired) electrons. The van der Waals surface area contributed by atoms with E-state index in [1.165, 1.54) is 37.7 Å². The summed E-state index contributed by atoms with van der Waals surface area (Å²) >= 11 is 13.6. The molecule has 0 spiro atoms. The molecule has 0 saturated carbocycles. The predicted molar refractivity (Wildman–Crippen MR) is 94.2 cm³/mol. The molecule has 0 aliphatic heterocycles. The van der Waals surface area contributed by atoms with Gasteiger partial charge in [0.15, 0.2) is 5.75 Å². The summed E-state index contributed by atoms with van der Waals surface area (Å²) in [5.74, 6) is -0.512. The van der Waals surface area contributed by atoms with Crippen LogP contribution in [-0.4, -0.2) is 26.1 Å². The van der Waals surface area contributed by atoms with Crippen LogP contribution in [0.4, 0.5) is 0 Å². The molecular weight excluding hydrogens is 373 g/mol. The van der Waals surface area contributed by atoms with Crippen molar-refractivity contribution in [2.24, 2.45) is 0 Å². The molecule has 1 amide bonds. The average Bonchev–Trinajstić information content (AvgIpc) is 3.08. The Labute approximate surface area is 153 Å². The van der Waals surface area contributed by atoms with Crippen LogP contribution in [0.25, 0.3) is 0 Å². The maximum atomic E-state index is 12.5. The van der Waals surface area contributed by atoms with Crippen LogP contribution in [-0.2, 0) is 9.53 Å². The zero-order valence-electron chi connectivity index (χ0n) is 13.0. The van der Waals surface area contributed by atoms with Crippen molar-refractivity contribution in [2.45, 2.75) is 12.5 Å². The molecule has 1 N–H and O–H groups in total. The Balaban J connectivity index is 2.23. The van der Waals surface area contributed by atoms with Gasteiger partial charge >= 0.3 is 5.97 Å². The molecule has 1 aromatic carbocycles. The van der Waals surface area contributed by atoms with Gasteiger partial charge in [-0.25, -0.2) is 0 Å². The van der Waals surface area contributed by atoms with E-state index in [2.05, 4.69) is 5.32 Å². The van der Waals surface area contributed by atoms with Crippen LogP contribution in [0.2, 0.25) is 10.0 Å². The topological polar surface area (TPSA) is 64.6 Å². The minimum atomic E-state index is -0.496. The van der Waals surface area contributed by atoms with Gasteiger partial charge in [0, 0.05) is 10.4 Å². The number of hydrogen-bond donors (Lipinski definition) is 1. The van der Waals surface area contributed by atoms with Crippen molar-refractivity contribution in [3.8, 4) is 5.75 Å². The minimum Gasteiger partial charge on any atom is -0.494 e. The van der Waals surface area contributed by atoms with E-state index >= 15 is 0 Å². The Morgan fingerprint density at radius 2 is 1.92 bits per heavy atom. The van der Waals surface area contributed by atoms with Crippen molar-refractivity contribution in [1.29, 1.82) is 0 Å². The lowest BCUT2D eigenvalue weighted by molar-refractivity contribution is -0.141. The Hall–Kier alpha value is -1.76. The first-order valence-electron chi connectivity index (χ1n) is 6.90. The zero-order valence-corrected chi connectivity index (χ0v) is 15.3. The summed E-state index contributed by atoms with van der Waals surface area (Å²) in [6.45, 7) is 0. The van der Waals surface area contributed by atoms with Gasteiger partial charge in [-0.05, 0) is 23.6 Å². The number of halogens is 2. The van der Waals surface area contributed by atoms with Crippen molar-refractivity contribution < 1.29 is 19.1 Å². The number of carbonyl (C=O) groups is 2. The van der Waals surface area contributed by atoms with Crippen LogP contribution in [0.3, 0.4) is 0 Å². The second-order valence-corrected chi connectivity index (χ2v) is 6.59. The monoisotopic (exact) mass is 387 g/mol. The molecule has 1 aromatic heterocycles. The first-order chi connectivity index (χ1) is 11.5. The van der Waals surface area contributed by atoms with Crippen molar-refractivity contribution in [1.82, 2.24) is 5.32 Å². The highest BCUT2D eigenvalue weighted by molar-refractivity contribution is 7.10. The first kappa shape index (κ1) is 18.6. The number of thiophene rings is 1. The van der Waals surface area contributed by atoms with Gasteiger partial charge in [0.1, 0.15) is 0 Å². The number of carbonyl (C=O) groups excluding carboxylic acids is 2. The number of ether oxygens (including phenoxy) is 2. The number of methoxy groups -OCH3 is 2. The Bertz CT molecular complexity index is 711. The van der Waals surface area contributed by atoms with Crippen LogP contribution >= 0.6 is 34.5 Å². The Morgan fingerprint density at radius 1 is 1.25 bits per heavy atom. The van der Waals surface area contributed by atoms with Crippen molar-refractivity contribution in [3.05, 3.63) is 50.1 Å². The number of hydrogen-bond acceptors (Lipinski definition) is 5. The number of rotatable bonds is 6. The molecule has 0 bridgehead atoms. The number of amides is 1. The average molecular weight is 388 g/mol. The summed E-state index contributed by atoms with van der Waals surface area (Å²) in [6, 6.07) is 6.12. The Kier molecular flexibility index (Phi) is 6.48. The number of esters is 1. The van der Waals surface area contributed by atoms with Gasteiger partial charge in [0.25, 0.3) is 5.91 Å². The first-order valence-corrected chi connectivity index (χ1v) is 8.54. The van der Waals surface area contributed by atoms with Gasteiger partial charge in [0.05, 0.1) is 36.7 Å². The Morgan fingerprint density at radius 3 is 2.42 bits per heavy atom. The fourth-order valence-electron chi connectivity index (χ4n) is 2.09. The second-order valence-electron chi connectivity index (χ2n) is 4.79. The molecule has 0 fully saturated rings. The summed E-state index contributed by atoms with van der Waals surface area (Å²) < 4.78 is 9.75. The fourth-order valence-corrected chi connectivity index (χ4v) is 3.51. The lowest BCUT2D eigenvalue weighted by atomic mass is 10.1. The predicted octanol–water partition coefficient (Wildman–Crippen LogP) is 4.10. The van der Waals surface area contributed by atoms with Crippen molar-refractivity contribution in [3.63, 3.8) is 0 Å². The summed E-state index contributed by atoms with van der Waals surface area (Å²) in [4.78, 5) is 25.0. The molecule has 1 heterocycles. The van der Waals surface area contributed by atoms with Crippen LogP contribution in [0.15, 0.2) is 29.6 Å². The van der Waals surface area contributed by atoms with E-state index in [0.717, 1.165) is 4.88 Å². The molecular formula is C16H15Cl2NO4S. The summed E-state index contributed by atoms with van der Waals surface area (Å²) in [6.07, 6.45) is 0.0281. The maximum Gasteiger partial charge on any atom is 0.307 e. The number of nitrogens with one attached hydrogen (secondary N) is 1. The van der Waals surface area contributed by atoms with Crippen LogP contribution in [0, 0.1) is 0 Å². The van der Waals surface area contributed by atoms with Crippen LogP contribution in [0.1, 0.15) is 27.7 Å². The van der Waals surface area contributed by atoms with E-state index in [4.69, 9.17) is 32.7 Å². The quantitative estimate of drug-likeness (QED) is 0.757. The highest BCUT2D eigenvalue weighted by Gasteiger charge is 2.22. The van der Waals surface area contributed by atoms with Gasteiger partial charge < -0.3 is 14.8 Å². The van der Waals surface area contributed by atoms with E-state index < -0.39 is 17.9 Å². The van der Waals surface area contributed by atoms with E-state index in [1.807, 2.05) is 17.5 Å². The van der Waals surface area contributed by atoms with E-state index in [9.17, 15) is 9.59 Å². The third kappa shape index (κ3) is 4.41. The number of benzene rings is 1. The summed E-state index contributed by atoms with van der Waals surface area (Å²) in [5, 5.41) is 5.14. The molecule has 2 aromatic rings. The summed E-state index contributed by atoms with van der Waals surface area (Å²) in [5.41, 5.74) is 0.275.